The maximum Gasteiger partial charge on any atom is 0.323 e. The second-order valence-electron chi connectivity index (χ2n) is 4.70. The number of rotatable bonds is 4. The maximum absolute atomic E-state index is 12.4. The van der Waals surface area contributed by atoms with Gasteiger partial charge in [-0.15, -0.1) is 11.3 Å². The predicted molar refractivity (Wildman–Crippen MR) is 70.0 cm³/mol. The Morgan fingerprint density at radius 3 is 2.61 bits per heavy atom. The van der Waals surface area contributed by atoms with Crippen LogP contribution in [0.25, 0.3) is 0 Å². The molecule has 1 N–H and O–H groups in total. The average molecular weight is 267 g/mol. The summed E-state index contributed by atoms with van der Waals surface area (Å²) < 4.78 is 0. The molecule has 1 aromatic rings. The molecule has 0 aliphatic heterocycles. The standard InChI is InChI=1S/C13H17NO3S/c1-9-6-7-18-12(9)13(17)14(8-11(15)16)10-4-2-3-5-10/h6-7,10H,2-5,8H2,1H3,(H,15,16). The zero-order valence-corrected chi connectivity index (χ0v) is 11.2. The van der Waals surface area contributed by atoms with Gasteiger partial charge in [0.1, 0.15) is 6.54 Å². The van der Waals surface area contributed by atoms with Crippen molar-refractivity contribution in [2.75, 3.05) is 6.54 Å². The van der Waals surface area contributed by atoms with Crippen molar-refractivity contribution < 1.29 is 14.7 Å². The molecule has 0 unspecified atom stereocenters. The fraction of sp³-hybridized carbons (Fsp3) is 0.538. The molecule has 1 amide bonds. The van der Waals surface area contributed by atoms with Gasteiger partial charge in [0.2, 0.25) is 0 Å². The van der Waals surface area contributed by atoms with Crippen molar-refractivity contribution in [3.8, 4) is 0 Å². The molecule has 0 spiro atoms. The molecule has 98 valence electrons. The number of hydrogen-bond donors (Lipinski definition) is 1. The molecular formula is C13H17NO3S. The minimum absolute atomic E-state index is 0.0927. The van der Waals surface area contributed by atoms with Crippen LogP contribution >= 0.6 is 11.3 Å². The SMILES string of the molecule is Cc1ccsc1C(=O)N(CC(=O)O)C1CCCC1. The number of amides is 1. The highest BCUT2D eigenvalue weighted by atomic mass is 32.1. The topological polar surface area (TPSA) is 57.6 Å². The van der Waals surface area contributed by atoms with E-state index < -0.39 is 5.97 Å². The number of carboxylic acid groups (broad SMARTS) is 1. The van der Waals surface area contributed by atoms with E-state index in [0.717, 1.165) is 31.2 Å². The van der Waals surface area contributed by atoms with Gasteiger partial charge in [-0.2, -0.15) is 0 Å². The second-order valence-corrected chi connectivity index (χ2v) is 5.61. The van der Waals surface area contributed by atoms with E-state index in [1.165, 1.54) is 16.2 Å². The zero-order chi connectivity index (χ0) is 13.1. The Balaban J connectivity index is 2.20. The van der Waals surface area contributed by atoms with Crippen molar-refractivity contribution in [1.82, 2.24) is 4.90 Å². The lowest BCUT2D eigenvalue weighted by atomic mass is 10.2. The van der Waals surface area contributed by atoms with Crippen molar-refractivity contribution in [2.45, 2.75) is 38.6 Å². The first kappa shape index (κ1) is 13.1. The third-order valence-electron chi connectivity index (χ3n) is 3.39. The Morgan fingerprint density at radius 2 is 2.11 bits per heavy atom. The lowest BCUT2D eigenvalue weighted by Gasteiger charge is -2.27. The molecule has 0 atom stereocenters. The summed E-state index contributed by atoms with van der Waals surface area (Å²) in [6.45, 7) is 1.69. The van der Waals surface area contributed by atoms with E-state index in [-0.39, 0.29) is 18.5 Å². The Morgan fingerprint density at radius 1 is 1.44 bits per heavy atom. The number of aliphatic carboxylic acids is 1. The summed E-state index contributed by atoms with van der Waals surface area (Å²) in [6.07, 6.45) is 4.00. The summed E-state index contributed by atoms with van der Waals surface area (Å²) in [6, 6.07) is 1.99. The van der Waals surface area contributed by atoms with Crippen LogP contribution in [-0.2, 0) is 4.79 Å². The minimum Gasteiger partial charge on any atom is -0.480 e. The molecule has 1 aliphatic carbocycles. The van der Waals surface area contributed by atoms with Crippen molar-refractivity contribution in [2.24, 2.45) is 0 Å². The van der Waals surface area contributed by atoms with Gasteiger partial charge in [-0.05, 0) is 36.8 Å². The molecule has 1 aromatic heterocycles. The van der Waals surface area contributed by atoms with Crippen LogP contribution in [0, 0.1) is 6.92 Å². The monoisotopic (exact) mass is 267 g/mol. The van der Waals surface area contributed by atoms with Crippen LogP contribution in [-0.4, -0.2) is 34.5 Å². The van der Waals surface area contributed by atoms with Crippen molar-refractivity contribution in [3.63, 3.8) is 0 Å². The van der Waals surface area contributed by atoms with Gasteiger partial charge in [0, 0.05) is 6.04 Å². The van der Waals surface area contributed by atoms with Crippen LogP contribution in [0.1, 0.15) is 40.9 Å². The first-order valence-corrected chi connectivity index (χ1v) is 7.04. The molecule has 2 rings (SSSR count). The summed E-state index contributed by atoms with van der Waals surface area (Å²) in [5.74, 6) is -1.07. The summed E-state index contributed by atoms with van der Waals surface area (Å²) in [5, 5.41) is 10.8. The maximum atomic E-state index is 12.4. The average Bonchev–Trinajstić information content (AvgIpc) is 2.95. The van der Waals surface area contributed by atoms with E-state index in [9.17, 15) is 9.59 Å². The third kappa shape index (κ3) is 2.72. The number of carbonyl (C=O) groups is 2. The van der Waals surface area contributed by atoms with Crippen LogP contribution in [0.2, 0.25) is 0 Å². The Labute approximate surface area is 110 Å². The number of aryl methyl sites for hydroxylation is 1. The molecular weight excluding hydrogens is 250 g/mol. The fourth-order valence-electron chi connectivity index (χ4n) is 2.45. The second kappa shape index (κ2) is 5.52. The molecule has 1 saturated carbocycles. The van der Waals surface area contributed by atoms with Gasteiger partial charge >= 0.3 is 5.97 Å². The van der Waals surface area contributed by atoms with Crippen LogP contribution in [0.15, 0.2) is 11.4 Å². The summed E-state index contributed by atoms with van der Waals surface area (Å²) >= 11 is 1.39. The lowest BCUT2D eigenvalue weighted by Crippen LogP contribution is -2.42. The highest BCUT2D eigenvalue weighted by Crippen LogP contribution is 2.26. The quantitative estimate of drug-likeness (QED) is 0.912. The van der Waals surface area contributed by atoms with Gasteiger partial charge in [-0.1, -0.05) is 12.8 Å². The molecule has 5 heteroatoms. The van der Waals surface area contributed by atoms with Gasteiger partial charge in [0.25, 0.3) is 5.91 Å². The highest BCUT2D eigenvalue weighted by Gasteiger charge is 2.30. The van der Waals surface area contributed by atoms with Gasteiger partial charge in [0.05, 0.1) is 4.88 Å². The Bertz CT molecular complexity index is 449. The van der Waals surface area contributed by atoms with E-state index in [2.05, 4.69) is 0 Å². The lowest BCUT2D eigenvalue weighted by molar-refractivity contribution is -0.138. The van der Waals surface area contributed by atoms with E-state index in [4.69, 9.17) is 5.11 Å². The first-order valence-electron chi connectivity index (χ1n) is 6.16. The third-order valence-corrected chi connectivity index (χ3v) is 4.39. The molecule has 1 fully saturated rings. The smallest absolute Gasteiger partial charge is 0.323 e. The first-order chi connectivity index (χ1) is 8.59. The molecule has 0 radical (unpaired) electrons. The number of thiophene rings is 1. The normalized spacial score (nSPS) is 15.8. The molecule has 1 heterocycles. The van der Waals surface area contributed by atoms with Crippen molar-refractivity contribution in [1.29, 1.82) is 0 Å². The van der Waals surface area contributed by atoms with E-state index in [1.807, 2.05) is 18.4 Å². The Kier molecular flexibility index (Phi) is 4.01. The molecule has 0 aromatic carbocycles. The summed E-state index contributed by atoms with van der Waals surface area (Å²) in [5.41, 5.74) is 0.929. The highest BCUT2D eigenvalue weighted by molar-refractivity contribution is 7.12. The van der Waals surface area contributed by atoms with Crippen molar-refractivity contribution in [3.05, 3.63) is 21.9 Å². The molecule has 1 aliphatic rings. The largest absolute Gasteiger partial charge is 0.480 e. The van der Waals surface area contributed by atoms with Gasteiger partial charge in [-0.25, -0.2) is 0 Å². The molecule has 4 nitrogen and oxygen atoms in total. The number of nitrogens with zero attached hydrogens (tertiary/aromatic N) is 1. The minimum atomic E-state index is -0.940. The number of hydrogen-bond acceptors (Lipinski definition) is 3. The van der Waals surface area contributed by atoms with Gasteiger partial charge in [0.15, 0.2) is 0 Å². The molecule has 0 saturated heterocycles. The number of carboxylic acids is 1. The van der Waals surface area contributed by atoms with Crippen LogP contribution in [0.4, 0.5) is 0 Å². The van der Waals surface area contributed by atoms with Gasteiger partial charge < -0.3 is 10.0 Å². The van der Waals surface area contributed by atoms with Crippen LogP contribution in [0.5, 0.6) is 0 Å². The predicted octanol–water partition coefficient (Wildman–Crippen LogP) is 2.53. The fourth-order valence-corrected chi connectivity index (χ4v) is 3.33. The zero-order valence-electron chi connectivity index (χ0n) is 10.4. The van der Waals surface area contributed by atoms with Crippen LogP contribution in [0.3, 0.4) is 0 Å². The molecule has 18 heavy (non-hydrogen) atoms. The van der Waals surface area contributed by atoms with Gasteiger partial charge in [-0.3, -0.25) is 9.59 Å². The Hall–Kier alpha value is -1.36. The van der Waals surface area contributed by atoms with E-state index in [0.29, 0.717) is 4.88 Å². The molecule has 0 bridgehead atoms. The summed E-state index contributed by atoms with van der Waals surface area (Å²) in [4.78, 5) is 25.6. The van der Waals surface area contributed by atoms with E-state index >= 15 is 0 Å². The van der Waals surface area contributed by atoms with Crippen LogP contribution < -0.4 is 0 Å². The number of carbonyl (C=O) groups excluding carboxylic acids is 1. The summed E-state index contributed by atoms with van der Waals surface area (Å²) in [7, 11) is 0. The van der Waals surface area contributed by atoms with Crippen molar-refractivity contribution >= 4 is 23.2 Å². The van der Waals surface area contributed by atoms with E-state index in [1.54, 1.807) is 0 Å².